The minimum atomic E-state index is 0.461. The van der Waals surface area contributed by atoms with Gasteiger partial charge < -0.3 is 5.32 Å². The van der Waals surface area contributed by atoms with Crippen LogP contribution in [-0.4, -0.2) is 6.04 Å². The van der Waals surface area contributed by atoms with E-state index in [-0.39, 0.29) is 0 Å². The SMILES string of the molecule is CC(C)c1ccc(C(C)NC2CCC(C)(C)CC2)cc1. The summed E-state index contributed by atoms with van der Waals surface area (Å²) < 4.78 is 0. The van der Waals surface area contributed by atoms with Gasteiger partial charge in [-0.2, -0.15) is 0 Å². The molecule has 1 N–H and O–H groups in total. The first kappa shape index (κ1) is 15.6. The van der Waals surface area contributed by atoms with Gasteiger partial charge in [0.2, 0.25) is 0 Å². The van der Waals surface area contributed by atoms with Crippen molar-refractivity contribution in [2.45, 2.75) is 78.3 Å². The van der Waals surface area contributed by atoms with Crippen molar-refractivity contribution in [3.05, 3.63) is 35.4 Å². The maximum Gasteiger partial charge on any atom is 0.0294 e. The first-order valence-electron chi connectivity index (χ1n) is 8.23. The molecule has 1 fully saturated rings. The predicted octanol–water partition coefficient (Wildman–Crippen LogP) is 5.43. The van der Waals surface area contributed by atoms with E-state index in [0.717, 1.165) is 0 Å². The van der Waals surface area contributed by atoms with E-state index in [4.69, 9.17) is 0 Å². The van der Waals surface area contributed by atoms with Gasteiger partial charge in [0, 0.05) is 12.1 Å². The van der Waals surface area contributed by atoms with Crippen LogP contribution in [0.1, 0.15) is 83.4 Å². The number of hydrogen-bond acceptors (Lipinski definition) is 1. The van der Waals surface area contributed by atoms with E-state index in [1.54, 1.807) is 0 Å². The summed E-state index contributed by atoms with van der Waals surface area (Å²) in [6, 6.07) is 10.3. The van der Waals surface area contributed by atoms with Crippen LogP contribution in [0.5, 0.6) is 0 Å². The molecule has 1 unspecified atom stereocenters. The summed E-state index contributed by atoms with van der Waals surface area (Å²) in [5.74, 6) is 0.618. The third kappa shape index (κ3) is 4.09. The van der Waals surface area contributed by atoms with Crippen molar-refractivity contribution in [3.8, 4) is 0 Å². The first-order valence-corrected chi connectivity index (χ1v) is 8.23. The second-order valence-electron chi connectivity index (χ2n) is 7.65. The maximum atomic E-state index is 3.82. The van der Waals surface area contributed by atoms with Gasteiger partial charge in [0.1, 0.15) is 0 Å². The molecule has 1 aliphatic rings. The molecule has 1 saturated carbocycles. The van der Waals surface area contributed by atoms with E-state index in [0.29, 0.717) is 23.4 Å². The van der Waals surface area contributed by atoms with Crippen LogP contribution >= 0.6 is 0 Å². The van der Waals surface area contributed by atoms with Gasteiger partial charge in [-0.05, 0) is 55.1 Å². The fraction of sp³-hybridized carbons (Fsp3) is 0.684. The zero-order valence-electron chi connectivity index (χ0n) is 13.9. The van der Waals surface area contributed by atoms with Crippen molar-refractivity contribution in [3.63, 3.8) is 0 Å². The predicted molar refractivity (Wildman–Crippen MR) is 88.1 cm³/mol. The molecule has 1 aliphatic carbocycles. The largest absolute Gasteiger partial charge is 0.307 e. The Balaban J connectivity index is 1.90. The Kier molecular flexibility index (Phi) is 4.90. The molecule has 0 radical (unpaired) electrons. The smallest absolute Gasteiger partial charge is 0.0294 e. The average molecular weight is 273 g/mol. The molecule has 112 valence electrons. The molecule has 0 bridgehead atoms. The highest BCUT2D eigenvalue weighted by molar-refractivity contribution is 5.26. The topological polar surface area (TPSA) is 12.0 Å². The van der Waals surface area contributed by atoms with Gasteiger partial charge in [-0.15, -0.1) is 0 Å². The van der Waals surface area contributed by atoms with Crippen LogP contribution in [0, 0.1) is 5.41 Å². The summed E-state index contributed by atoms with van der Waals surface area (Å²) in [6.45, 7) is 11.6. The molecule has 1 aromatic carbocycles. The summed E-state index contributed by atoms with van der Waals surface area (Å²) >= 11 is 0. The maximum absolute atomic E-state index is 3.82. The second kappa shape index (κ2) is 6.30. The summed E-state index contributed by atoms with van der Waals surface area (Å²) in [5.41, 5.74) is 3.40. The zero-order chi connectivity index (χ0) is 14.8. The van der Waals surface area contributed by atoms with E-state index in [9.17, 15) is 0 Å². The second-order valence-corrected chi connectivity index (χ2v) is 7.65. The molecule has 2 rings (SSSR count). The van der Waals surface area contributed by atoms with E-state index >= 15 is 0 Å². The lowest BCUT2D eigenvalue weighted by Crippen LogP contribution is -2.37. The lowest BCUT2D eigenvalue weighted by Gasteiger charge is -2.36. The van der Waals surface area contributed by atoms with Crippen LogP contribution in [0.2, 0.25) is 0 Å². The van der Waals surface area contributed by atoms with Crippen molar-refractivity contribution in [1.82, 2.24) is 5.32 Å². The zero-order valence-corrected chi connectivity index (χ0v) is 13.9. The van der Waals surface area contributed by atoms with Crippen LogP contribution in [0.15, 0.2) is 24.3 Å². The molecular formula is C19H31N. The summed E-state index contributed by atoms with van der Waals surface area (Å²) in [5, 5.41) is 3.82. The quantitative estimate of drug-likeness (QED) is 0.771. The lowest BCUT2D eigenvalue weighted by molar-refractivity contribution is 0.200. The summed E-state index contributed by atoms with van der Waals surface area (Å²) in [6.07, 6.45) is 5.34. The van der Waals surface area contributed by atoms with Gasteiger partial charge >= 0.3 is 0 Å². The Morgan fingerprint density at radius 3 is 1.95 bits per heavy atom. The first-order chi connectivity index (χ1) is 9.37. The highest BCUT2D eigenvalue weighted by Crippen LogP contribution is 2.35. The molecule has 0 aromatic heterocycles. The van der Waals surface area contributed by atoms with Gasteiger partial charge in [0.05, 0.1) is 0 Å². The Morgan fingerprint density at radius 2 is 1.45 bits per heavy atom. The molecule has 20 heavy (non-hydrogen) atoms. The Bertz CT molecular complexity index is 406. The minimum absolute atomic E-state index is 0.461. The third-order valence-corrected chi connectivity index (χ3v) is 4.93. The van der Waals surface area contributed by atoms with Crippen molar-refractivity contribution >= 4 is 0 Å². The Hall–Kier alpha value is -0.820. The molecular weight excluding hydrogens is 242 g/mol. The molecule has 1 nitrogen and oxygen atoms in total. The molecule has 1 heteroatoms. The van der Waals surface area contributed by atoms with Crippen LogP contribution in [0.4, 0.5) is 0 Å². The van der Waals surface area contributed by atoms with Gasteiger partial charge in [-0.1, -0.05) is 52.0 Å². The number of nitrogens with one attached hydrogen (secondary N) is 1. The van der Waals surface area contributed by atoms with E-state index < -0.39 is 0 Å². The third-order valence-electron chi connectivity index (χ3n) is 4.93. The number of rotatable bonds is 4. The fourth-order valence-electron chi connectivity index (χ4n) is 3.19. The summed E-state index contributed by atoms with van der Waals surface area (Å²) in [4.78, 5) is 0. The number of hydrogen-bond donors (Lipinski definition) is 1. The molecule has 1 aromatic rings. The highest BCUT2D eigenvalue weighted by atomic mass is 14.9. The Labute approximate surface area is 125 Å². The summed E-state index contributed by atoms with van der Waals surface area (Å²) in [7, 11) is 0. The van der Waals surface area contributed by atoms with Gasteiger partial charge in [-0.3, -0.25) is 0 Å². The fourth-order valence-corrected chi connectivity index (χ4v) is 3.19. The Morgan fingerprint density at radius 1 is 0.950 bits per heavy atom. The standard InChI is InChI=1S/C19H31N/c1-14(2)16-6-8-17(9-7-16)15(3)20-18-10-12-19(4,5)13-11-18/h6-9,14-15,18,20H,10-13H2,1-5H3. The normalized spacial score (nSPS) is 21.1. The van der Waals surface area contributed by atoms with Crippen molar-refractivity contribution in [2.24, 2.45) is 5.41 Å². The van der Waals surface area contributed by atoms with Gasteiger partial charge in [-0.25, -0.2) is 0 Å². The number of benzene rings is 1. The average Bonchev–Trinajstić information content (AvgIpc) is 2.41. The molecule has 0 spiro atoms. The van der Waals surface area contributed by atoms with Crippen molar-refractivity contribution < 1.29 is 0 Å². The molecule has 0 aliphatic heterocycles. The monoisotopic (exact) mass is 273 g/mol. The van der Waals surface area contributed by atoms with Crippen LogP contribution in [0.3, 0.4) is 0 Å². The van der Waals surface area contributed by atoms with Crippen LogP contribution < -0.4 is 5.32 Å². The lowest BCUT2D eigenvalue weighted by atomic mass is 9.75. The van der Waals surface area contributed by atoms with Gasteiger partial charge in [0.15, 0.2) is 0 Å². The van der Waals surface area contributed by atoms with Crippen LogP contribution in [-0.2, 0) is 0 Å². The molecule has 1 atom stereocenters. The van der Waals surface area contributed by atoms with Crippen molar-refractivity contribution in [2.75, 3.05) is 0 Å². The van der Waals surface area contributed by atoms with Gasteiger partial charge in [0.25, 0.3) is 0 Å². The van der Waals surface area contributed by atoms with E-state index in [1.165, 1.54) is 36.8 Å². The molecule has 0 amide bonds. The van der Waals surface area contributed by atoms with Crippen LogP contribution in [0.25, 0.3) is 0 Å². The molecule has 0 heterocycles. The highest BCUT2D eigenvalue weighted by Gasteiger charge is 2.27. The minimum Gasteiger partial charge on any atom is -0.307 e. The van der Waals surface area contributed by atoms with E-state index in [2.05, 4.69) is 64.2 Å². The van der Waals surface area contributed by atoms with Crippen molar-refractivity contribution in [1.29, 1.82) is 0 Å². The molecule has 0 saturated heterocycles. The van der Waals surface area contributed by atoms with E-state index in [1.807, 2.05) is 0 Å².